The first-order valence-corrected chi connectivity index (χ1v) is 7.80. The number of nitrogens with zero attached hydrogens (tertiary/aromatic N) is 1. The molecular formula is C16H16F2N2OS. The fourth-order valence-electron chi connectivity index (χ4n) is 1.83. The summed E-state index contributed by atoms with van der Waals surface area (Å²) in [6.45, 7) is 2.13. The molecule has 0 unspecified atom stereocenters. The lowest BCUT2D eigenvalue weighted by Crippen LogP contribution is -2.27. The van der Waals surface area contributed by atoms with Crippen molar-refractivity contribution in [2.24, 2.45) is 0 Å². The number of carbonyl (C=O) groups is 1. The summed E-state index contributed by atoms with van der Waals surface area (Å²) in [7, 11) is 0. The van der Waals surface area contributed by atoms with Crippen LogP contribution in [0, 0.1) is 18.6 Å². The van der Waals surface area contributed by atoms with E-state index in [0.717, 1.165) is 10.6 Å². The van der Waals surface area contributed by atoms with E-state index < -0.39 is 11.6 Å². The van der Waals surface area contributed by atoms with Crippen molar-refractivity contribution in [2.45, 2.75) is 18.4 Å². The predicted octanol–water partition coefficient (Wildman–Crippen LogP) is 3.12. The third-order valence-corrected chi connectivity index (χ3v) is 3.94. The maximum absolute atomic E-state index is 13.4. The largest absolute Gasteiger partial charge is 0.355 e. The summed E-state index contributed by atoms with van der Waals surface area (Å²) in [6.07, 6.45) is 1.86. The van der Waals surface area contributed by atoms with E-state index in [1.807, 2.05) is 19.1 Å². The summed E-state index contributed by atoms with van der Waals surface area (Å²) in [5.74, 6) is -1.15. The summed E-state index contributed by atoms with van der Waals surface area (Å²) in [5.41, 5.74) is 1.05. The highest BCUT2D eigenvalue weighted by molar-refractivity contribution is 7.99. The molecule has 0 saturated heterocycles. The number of hydrogen-bond donors (Lipinski definition) is 1. The number of benzene rings is 1. The van der Waals surface area contributed by atoms with Crippen LogP contribution in [-0.2, 0) is 11.2 Å². The van der Waals surface area contributed by atoms with Gasteiger partial charge in [0.25, 0.3) is 0 Å². The molecule has 6 heteroatoms. The molecule has 1 aromatic heterocycles. The van der Waals surface area contributed by atoms with Gasteiger partial charge >= 0.3 is 0 Å². The van der Waals surface area contributed by atoms with Gasteiger partial charge in [0.1, 0.15) is 11.6 Å². The quantitative estimate of drug-likeness (QED) is 0.831. The summed E-state index contributed by atoms with van der Waals surface area (Å²) in [6, 6.07) is 7.51. The van der Waals surface area contributed by atoms with Crippen LogP contribution < -0.4 is 5.32 Å². The summed E-state index contributed by atoms with van der Waals surface area (Å²) in [5, 5.41) is 3.41. The van der Waals surface area contributed by atoms with E-state index in [4.69, 9.17) is 0 Å². The van der Waals surface area contributed by atoms with E-state index >= 15 is 0 Å². The molecule has 22 heavy (non-hydrogen) atoms. The first kappa shape index (κ1) is 16.4. The Bertz CT molecular complexity index is 627. The van der Waals surface area contributed by atoms with Gasteiger partial charge in [-0.2, -0.15) is 0 Å². The Labute approximate surface area is 132 Å². The number of amides is 1. The van der Waals surface area contributed by atoms with Crippen molar-refractivity contribution < 1.29 is 13.6 Å². The zero-order chi connectivity index (χ0) is 15.9. The first-order chi connectivity index (χ1) is 10.6. The highest BCUT2D eigenvalue weighted by Gasteiger charge is 2.09. The molecule has 0 radical (unpaired) electrons. The Morgan fingerprint density at radius 3 is 2.59 bits per heavy atom. The SMILES string of the molecule is Cc1ccc(SCC(=O)NCCc2c(F)cccc2F)nc1. The van der Waals surface area contributed by atoms with Gasteiger partial charge in [0.05, 0.1) is 10.8 Å². The number of pyridine rings is 1. The highest BCUT2D eigenvalue weighted by atomic mass is 32.2. The maximum Gasteiger partial charge on any atom is 0.230 e. The molecule has 2 aromatic rings. The van der Waals surface area contributed by atoms with Crippen LogP contribution in [0.2, 0.25) is 0 Å². The Kier molecular flexibility index (Phi) is 5.89. The molecule has 0 aliphatic carbocycles. The van der Waals surface area contributed by atoms with Crippen molar-refractivity contribution in [3.05, 3.63) is 59.3 Å². The molecule has 1 amide bonds. The van der Waals surface area contributed by atoms with Crippen molar-refractivity contribution >= 4 is 17.7 Å². The third kappa shape index (κ3) is 4.80. The van der Waals surface area contributed by atoms with Crippen LogP contribution in [0.3, 0.4) is 0 Å². The van der Waals surface area contributed by atoms with Crippen molar-refractivity contribution in [3.63, 3.8) is 0 Å². The van der Waals surface area contributed by atoms with Crippen LogP contribution in [0.15, 0.2) is 41.6 Å². The third-order valence-electron chi connectivity index (χ3n) is 2.99. The molecule has 0 aliphatic rings. The van der Waals surface area contributed by atoms with Gasteiger partial charge in [0.2, 0.25) is 5.91 Å². The average molecular weight is 322 g/mol. The second-order valence-electron chi connectivity index (χ2n) is 4.76. The maximum atomic E-state index is 13.4. The molecule has 0 fully saturated rings. The zero-order valence-corrected chi connectivity index (χ0v) is 12.9. The van der Waals surface area contributed by atoms with E-state index in [0.29, 0.717) is 0 Å². The second kappa shape index (κ2) is 7.89. The van der Waals surface area contributed by atoms with Crippen LogP contribution in [-0.4, -0.2) is 23.2 Å². The van der Waals surface area contributed by atoms with Crippen LogP contribution >= 0.6 is 11.8 Å². The lowest BCUT2D eigenvalue weighted by Gasteiger charge is -2.07. The second-order valence-corrected chi connectivity index (χ2v) is 5.76. The minimum absolute atomic E-state index is 0.00402. The van der Waals surface area contributed by atoms with Gasteiger partial charge in [-0.25, -0.2) is 13.8 Å². The molecule has 0 aliphatic heterocycles. The van der Waals surface area contributed by atoms with Crippen molar-refractivity contribution in [2.75, 3.05) is 12.3 Å². The molecule has 0 bridgehead atoms. The molecule has 3 nitrogen and oxygen atoms in total. The van der Waals surface area contributed by atoms with Crippen molar-refractivity contribution in [1.29, 1.82) is 0 Å². The number of aromatic nitrogens is 1. The summed E-state index contributed by atoms with van der Waals surface area (Å²) < 4.78 is 26.8. The Morgan fingerprint density at radius 2 is 1.95 bits per heavy atom. The predicted molar refractivity (Wildman–Crippen MR) is 82.8 cm³/mol. The standard InChI is InChI=1S/C16H16F2N2OS/c1-11-5-6-16(20-9-11)22-10-15(21)19-8-7-12-13(17)3-2-4-14(12)18/h2-6,9H,7-8,10H2,1H3,(H,19,21). The molecule has 116 valence electrons. The lowest BCUT2D eigenvalue weighted by atomic mass is 10.1. The molecule has 0 atom stereocenters. The first-order valence-electron chi connectivity index (χ1n) is 6.81. The van der Waals surface area contributed by atoms with E-state index in [1.54, 1.807) is 6.20 Å². The van der Waals surface area contributed by atoms with E-state index in [1.165, 1.54) is 30.0 Å². The average Bonchev–Trinajstić information content (AvgIpc) is 2.50. The van der Waals surface area contributed by atoms with Crippen LogP contribution in [0.25, 0.3) is 0 Å². The number of aryl methyl sites for hydroxylation is 1. The summed E-state index contributed by atoms with van der Waals surface area (Å²) in [4.78, 5) is 15.9. The van der Waals surface area contributed by atoms with E-state index in [-0.39, 0.29) is 30.2 Å². The van der Waals surface area contributed by atoms with Gasteiger partial charge in [-0.3, -0.25) is 4.79 Å². The topological polar surface area (TPSA) is 42.0 Å². The molecule has 1 N–H and O–H groups in total. The Morgan fingerprint density at radius 1 is 1.23 bits per heavy atom. The van der Waals surface area contributed by atoms with Gasteiger partial charge in [0, 0.05) is 18.3 Å². The number of rotatable bonds is 6. The number of halogens is 2. The molecule has 2 rings (SSSR count). The smallest absolute Gasteiger partial charge is 0.230 e. The minimum atomic E-state index is -0.590. The van der Waals surface area contributed by atoms with Gasteiger partial charge in [0.15, 0.2) is 0 Å². The molecule has 0 saturated carbocycles. The van der Waals surface area contributed by atoms with Gasteiger partial charge < -0.3 is 5.32 Å². The van der Waals surface area contributed by atoms with Crippen LogP contribution in [0.4, 0.5) is 8.78 Å². The zero-order valence-electron chi connectivity index (χ0n) is 12.1. The fraction of sp³-hybridized carbons (Fsp3) is 0.250. The highest BCUT2D eigenvalue weighted by Crippen LogP contribution is 2.15. The van der Waals surface area contributed by atoms with Crippen LogP contribution in [0.1, 0.15) is 11.1 Å². The lowest BCUT2D eigenvalue weighted by molar-refractivity contribution is -0.118. The van der Waals surface area contributed by atoms with Gasteiger partial charge in [-0.1, -0.05) is 23.9 Å². The monoisotopic (exact) mass is 322 g/mol. The fourth-order valence-corrected chi connectivity index (χ4v) is 2.50. The summed E-state index contributed by atoms with van der Waals surface area (Å²) >= 11 is 1.32. The minimum Gasteiger partial charge on any atom is -0.355 e. The number of hydrogen-bond acceptors (Lipinski definition) is 3. The molecule has 1 aromatic carbocycles. The molecule has 0 spiro atoms. The van der Waals surface area contributed by atoms with Crippen LogP contribution in [0.5, 0.6) is 0 Å². The molecule has 1 heterocycles. The van der Waals surface area contributed by atoms with Crippen molar-refractivity contribution in [3.8, 4) is 0 Å². The van der Waals surface area contributed by atoms with E-state index in [9.17, 15) is 13.6 Å². The Balaban J connectivity index is 1.75. The normalized spacial score (nSPS) is 10.5. The number of nitrogens with one attached hydrogen (secondary N) is 1. The Hall–Kier alpha value is -1.95. The van der Waals surface area contributed by atoms with Gasteiger partial charge in [-0.15, -0.1) is 0 Å². The number of carbonyl (C=O) groups excluding carboxylic acids is 1. The van der Waals surface area contributed by atoms with E-state index in [2.05, 4.69) is 10.3 Å². The van der Waals surface area contributed by atoms with Crippen molar-refractivity contribution in [1.82, 2.24) is 10.3 Å². The van der Waals surface area contributed by atoms with Gasteiger partial charge in [-0.05, 0) is 37.1 Å². The number of thioether (sulfide) groups is 1. The molecular weight excluding hydrogens is 306 g/mol.